The van der Waals surface area contributed by atoms with Crippen LogP contribution in [0.15, 0.2) is 0 Å². The largest absolute Gasteiger partial charge is 0.444 e. The van der Waals surface area contributed by atoms with Crippen molar-refractivity contribution < 1.29 is 17.9 Å². The molecule has 0 aliphatic carbocycles. The average molecular weight is 299 g/mol. The zero-order valence-corrected chi connectivity index (χ0v) is 12.6. The van der Waals surface area contributed by atoms with Crippen molar-refractivity contribution in [3.63, 3.8) is 0 Å². The Balaban J connectivity index is 2.64. The number of carbonyl (C=O) groups excluding carboxylic acids is 1. The van der Waals surface area contributed by atoms with Gasteiger partial charge in [-0.2, -0.15) is 12.7 Å². The Kier molecular flexibility index (Phi) is 4.51. The van der Waals surface area contributed by atoms with Gasteiger partial charge >= 0.3 is 6.09 Å². The van der Waals surface area contributed by atoms with Crippen LogP contribution in [0.25, 0.3) is 0 Å². The van der Waals surface area contributed by atoms with E-state index in [-0.39, 0.29) is 25.7 Å². The van der Waals surface area contributed by atoms with Gasteiger partial charge in [-0.05, 0) is 27.7 Å². The van der Waals surface area contributed by atoms with Gasteiger partial charge in [0.05, 0.1) is 0 Å². The number of halogens is 1. The van der Waals surface area contributed by atoms with Gasteiger partial charge in [-0.25, -0.2) is 4.79 Å². The normalized spacial score (nSPS) is 22.9. The second-order valence-corrected chi connectivity index (χ2v) is 7.79. The molecule has 0 aromatic heterocycles. The number of piperazine rings is 1. The van der Waals surface area contributed by atoms with Crippen molar-refractivity contribution in [1.29, 1.82) is 0 Å². The Morgan fingerprint density at radius 2 is 1.89 bits per heavy atom. The molecule has 0 radical (unpaired) electrons. The van der Waals surface area contributed by atoms with Crippen molar-refractivity contribution >= 4 is 26.0 Å². The SMILES string of the molecule is CC1CN(C(=O)OC(C)(C)C)CCN1S(=O)(=O)Cl. The number of ether oxygens (including phenoxy) is 1. The minimum atomic E-state index is -3.73. The minimum Gasteiger partial charge on any atom is -0.444 e. The number of hydrogen-bond acceptors (Lipinski definition) is 4. The van der Waals surface area contributed by atoms with Gasteiger partial charge in [0.25, 0.3) is 9.24 Å². The highest BCUT2D eigenvalue weighted by molar-refractivity contribution is 8.11. The summed E-state index contributed by atoms with van der Waals surface area (Å²) in [4.78, 5) is 13.3. The molecule has 1 aliphatic heterocycles. The first-order valence-corrected chi connectivity index (χ1v) is 7.96. The van der Waals surface area contributed by atoms with Crippen LogP contribution in [0.2, 0.25) is 0 Å². The van der Waals surface area contributed by atoms with Crippen molar-refractivity contribution in [2.75, 3.05) is 19.6 Å². The number of hydrogen-bond donors (Lipinski definition) is 0. The lowest BCUT2D eigenvalue weighted by molar-refractivity contribution is 0.0145. The van der Waals surface area contributed by atoms with Gasteiger partial charge in [0.15, 0.2) is 0 Å². The van der Waals surface area contributed by atoms with Crippen LogP contribution in [0, 0.1) is 0 Å². The van der Waals surface area contributed by atoms with Gasteiger partial charge in [-0.15, -0.1) is 0 Å². The summed E-state index contributed by atoms with van der Waals surface area (Å²) in [7, 11) is 1.57. The molecule has 0 aromatic rings. The average Bonchev–Trinajstić information content (AvgIpc) is 2.12. The number of amides is 1. The molecule has 0 bridgehead atoms. The highest BCUT2D eigenvalue weighted by Crippen LogP contribution is 2.18. The molecule has 0 saturated carbocycles. The van der Waals surface area contributed by atoms with Crippen LogP contribution < -0.4 is 0 Å². The smallest absolute Gasteiger partial charge is 0.410 e. The fraction of sp³-hybridized carbons (Fsp3) is 0.900. The monoisotopic (exact) mass is 298 g/mol. The Hall–Kier alpha value is -0.530. The quantitative estimate of drug-likeness (QED) is 0.687. The van der Waals surface area contributed by atoms with E-state index in [4.69, 9.17) is 15.4 Å². The third kappa shape index (κ3) is 4.29. The molecule has 1 fully saturated rings. The topological polar surface area (TPSA) is 66.9 Å². The number of rotatable bonds is 1. The maximum Gasteiger partial charge on any atom is 0.410 e. The summed E-state index contributed by atoms with van der Waals surface area (Å²) in [5.41, 5.74) is -0.560. The molecule has 1 aliphatic rings. The summed E-state index contributed by atoms with van der Waals surface area (Å²) < 4.78 is 28.9. The maximum atomic E-state index is 11.8. The van der Waals surface area contributed by atoms with Crippen LogP contribution in [0.1, 0.15) is 27.7 Å². The first kappa shape index (κ1) is 15.5. The van der Waals surface area contributed by atoms with Crippen LogP contribution >= 0.6 is 10.7 Å². The molecule has 1 heterocycles. The zero-order valence-electron chi connectivity index (χ0n) is 11.0. The molecule has 1 atom stereocenters. The Bertz CT molecular complexity index is 418. The zero-order chi connectivity index (χ0) is 14.1. The molecule has 106 valence electrons. The Morgan fingerprint density at radius 1 is 1.33 bits per heavy atom. The van der Waals surface area contributed by atoms with E-state index in [0.29, 0.717) is 0 Å². The van der Waals surface area contributed by atoms with Gasteiger partial charge in [0.2, 0.25) is 0 Å². The van der Waals surface area contributed by atoms with E-state index in [2.05, 4.69) is 0 Å². The molecular formula is C10H19ClN2O4S. The van der Waals surface area contributed by atoms with Crippen LogP contribution in [0.4, 0.5) is 4.79 Å². The van der Waals surface area contributed by atoms with Crippen LogP contribution in [0.5, 0.6) is 0 Å². The van der Waals surface area contributed by atoms with E-state index in [1.54, 1.807) is 27.7 Å². The second kappa shape index (κ2) is 5.22. The van der Waals surface area contributed by atoms with Crippen molar-refractivity contribution in [3.8, 4) is 0 Å². The molecule has 1 rings (SSSR count). The minimum absolute atomic E-state index is 0.187. The van der Waals surface area contributed by atoms with Crippen LogP contribution in [-0.4, -0.2) is 55.0 Å². The molecule has 1 unspecified atom stereocenters. The number of nitrogens with zero attached hydrogens (tertiary/aromatic N) is 2. The molecule has 6 nitrogen and oxygen atoms in total. The third-order valence-electron chi connectivity index (χ3n) is 2.50. The third-order valence-corrected chi connectivity index (χ3v) is 4.13. The summed E-state index contributed by atoms with van der Waals surface area (Å²) >= 11 is 0. The van der Waals surface area contributed by atoms with E-state index < -0.39 is 20.9 Å². The first-order chi connectivity index (χ1) is 8.00. The summed E-state index contributed by atoms with van der Waals surface area (Å²) in [6, 6.07) is -0.353. The fourth-order valence-corrected chi connectivity index (χ4v) is 3.17. The molecule has 18 heavy (non-hydrogen) atoms. The first-order valence-electron chi connectivity index (χ1n) is 5.70. The molecule has 8 heteroatoms. The standard InChI is InChI=1S/C10H19ClN2O4S/c1-8-7-12(9(14)17-10(2,3)4)5-6-13(8)18(11,15)16/h8H,5-7H2,1-4H3. The van der Waals surface area contributed by atoms with Crippen molar-refractivity contribution in [1.82, 2.24) is 9.21 Å². The van der Waals surface area contributed by atoms with Gasteiger partial charge in [0, 0.05) is 36.4 Å². The Morgan fingerprint density at radius 3 is 2.28 bits per heavy atom. The summed E-state index contributed by atoms with van der Waals surface area (Å²) in [5.74, 6) is 0. The molecule has 0 aromatic carbocycles. The van der Waals surface area contributed by atoms with Crippen molar-refractivity contribution in [2.24, 2.45) is 0 Å². The molecular weight excluding hydrogens is 280 g/mol. The maximum absolute atomic E-state index is 11.8. The van der Waals surface area contributed by atoms with Crippen molar-refractivity contribution in [2.45, 2.75) is 39.3 Å². The molecule has 0 N–H and O–H groups in total. The van der Waals surface area contributed by atoms with Gasteiger partial charge < -0.3 is 9.64 Å². The van der Waals surface area contributed by atoms with E-state index in [1.807, 2.05) is 0 Å². The van der Waals surface area contributed by atoms with Gasteiger partial charge in [-0.3, -0.25) is 0 Å². The van der Waals surface area contributed by atoms with E-state index in [9.17, 15) is 13.2 Å². The van der Waals surface area contributed by atoms with Gasteiger partial charge in [0.1, 0.15) is 5.60 Å². The number of carbonyl (C=O) groups is 1. The summed E-state index contributed by atoms with van der Waals surface area (Å²) in [5, 5.41) is 0. The van der Waals surface area contributed by atoms with Crippen LogP contribution in [0.3, 0.4) is 0 Å². The van der Waals surface area contributed by atoms with Crippen molar-refractivity contribution in [3.05, 3.63) is 0 Å². The van der Waals surface area contributed by atoms with E-state index in [0.717, 1.165) is 0 Å². The van der Waals surface area contributed by atoms with Crippen LogP contribution in [-0.2, 0) is 14.0 Å². The van der Waals surface area contributed by atoms with Gasteiger partial charge in [-0.1, -0.05) is 0 Å². The predicted octanol–water partition coefficient (Wildman–Crippen LogP) is 1.41. The lowest BCUT2D eigenvalue weighted by Crippen LogP contribution is -2.55. The molecule has 1 saturated heterocycles. The fourth-order valence-electron chi connectivity index (χ4n) is 1.76. The van der Waals surface area contributed by atoms with E-state index >= 15 is 0 Å². The lowest BCUT2D eigenvalue weighted by atomic mass is 10.2. The summed E-state index contributed by atoms with van der Waals surface area (Å²) in [6.07, 6.45) is -0.430. The summed E-state index contributed by atoms with van der Waals surface area (Å²) in [6.45, 7) is 7.81. The van der Waals surface area contributed by atoms with E-state index in [1.165, 1.54) is 9.21 Å². The molecule has 1 amide bonds. The highest BCUT2D eigenvalue weighted by Gasteiger charge is 2.34. The highest BCUT2D eigenvalue weighted by atomic mass is 35.7. The Labute approximate surface area is 112 Å². The predicted molar refractivity (Wildman–Crippen MR) is 68.7 cm³/mol. The second-order valence-electron chi connectivity index (χ2n) is 5.33. The molecule has 0 spiro atoms. The lowest BCUT2D eigenvalue weighted by Gasteiger charge is -2.37.